The topological polar surface area (TPSA) is 124 Å². The Kier molecular flexibility index (Phi) is 5.58. The van der Waals surface area contributed by atoms with Crippen molar-refractivity contribution in [2.75, 3.05) is 6.61 Å². The molecule has 0 amide bonds. The molecule has 0 bridgehead atoms. The van der Waals surface area contributed by atoms with E-state index in [1.807, 2.05) is 0 Å². The smallest absolute Gasteiger partial charge is 0.391 e. The molecule has 0 rings (SSSR count). The summed E-state index contributed by atoms with van der Waals surface area (Å²) in [6.45, 7) is 1.84. The molecular weight excluding hydrogens is 227 g/mol. The summed E-state index contributed by atoms with van der Waals surface area (Å²) in [4.78, 5) is 27.8. The van der Waals surface area contributed by atoms with Gasteiger partial charge in [-0.3, -0.25) is 9.32 Å². The Morgan fingerprint density at radius 3 is 2.13 bits per heavy atom. The second kappa shape index (κ2) is 5.69. The van der Waals surface area contributed by atoms with Crippen molar-refractivity contribution < 1.29 is 33.9 Å². The van der Waals surface area contributed by atoms with E-state index in [-0.39, 0.29) is 0 Å². The van der Waals surface area contributed by atoms with Crippen molar-refractivity contribution >= 4 is 13.6 Å². The largest absolute Gasteiger partial charge is 0.470 e. The molecule has 0 spiro atoms. The molecule has 90 valence electrons. The van der Waals surface area contributed by atoms with Crippen LogP contribution < -0.4 is 0 Å². The van der Waals surface area contributed by atoms with Crippen molar-refractivity contribution in [1.29, 1.82) is 0 Å². The maximum atomic E-state index is 11.2. The van der Waals surface area contributed by atoms with Crippen LogP contribution in [-0.4, -0.2) is 44.6 Å². The number of ketones is 1. The van der Waals surface area contributed by atoms with E-state index in [2.05, 4.69) is 4.52 Å². The van der Waals surface area contributed by atoms with E-state index in [1.54, 1.807) is 0 Å². The normalized spacial score (nSPS) is 18.3. The van der Waals surface area contributed by atoms with Crippen molar-refractivity contribution in [3.63, 3.8) is 0 Å². The van der Waals surface area contributed by atoms with Gasteiger partial charge in [-0.2, -0.15) is 0 Å². The average molecular weight is 242 g/mol. The molecule has 0 saturated carbocycles. The number of aliphatic hydroxyl groups excluding tert-OH is 2. The minimum Gasteiger partial charge on any atom is -0.391 e. The van der Waals surface area contributed by atoms with Gasteiger partial charge in [-0.15, -0.1) is 0 Å². The number of Topliss-reactive ketones (excluding diaryl/α,β-unsaturated/α-hetero) is 1. The monoisotopic (exact) mass is 242 g/mol. The van der Waals surface area contributed by atoms with Crippen LogP contribution in [0.3, 0.4) is 0 Å². The Labute approximate surface area is 86.9 Å². The second-order valence-electron chi connectivity index (χ2n) is 3.25. The van der Waals surface area contributed by atoms with E-state index in [9.17, 15) is 14.5 Å². The summed E-state index contributed by atoms with van der Waals surface area (Å²) in [5, 5.41) is 18.2. The van der Waals surface area contributed by atoms with Gasteiger partial charge in [-0.1, -0.05) is 6.92 Å². The van der Waals surface area contributed by atoms with Crippen molar-refractivity contribution in [2.24, 2.45) is 5.92 Å². The van der Waals surface area contributed by atoms with Gasteiger partial charge in [0, 0.05) is 5.92 Å². The van der Waals surface area contributed by atoms with Gasteiger partial charge >= 0.3 is 7.82 Å². The molecule has 0 aliphatic carbocycles. The van der Waals surface area contributed by atoms with Crippen LogP contribution in [0.5, 0.6) is 0 Å². The van der Waals surface area contributed by atoms with E-state index < -0.39 is 38.3 Å². The Morgan fingerprint density at radius 2 is 1.80 bits per heavy atom. The minimum atomic E-state index is -4.68. The van der Waals surface area contributed by atoms with E-state index in [1.165, 1.54) is 13.8 Å². The first-order valence-electron chi connectivity index (χ1n) is 4.24. The zero-order chi connectivity index (χ0) is 12.2. The van der Waals surface area contributed by atoms with Gasteiger partial charge in [-0.25, -0.2) is 4.57 Å². The van der Waals surface area contributed by atoms with Crippen molar-refractivity contribution in [1.82, 2.24) is 0 Å². The molecule has 0 aromatic rings. The van der Waals surface area contributed by atoms with Gasteiger partial charge in [0.25, 0.3) is 0 Å². The lowest BCUT2D eigenvalue weighted by atomic mass is 9.97. The highest BCUT2D eigenvalue weighted by Gasteiger charge is 2.27. The average Bonchev–Trinajstić information content (AvgIpc) is 2.10. The lowest BCUT2D eigenvalue weighted by molar-refractivity contribution is -0.131. The number of hydrogen-bond acceptors (Lipinski definition) is 5. The third-order valence-electron chi connectivity index (χ3n) is 1.89. The summed E-state index contributed by atoms with van der Waals surface area (Å²) in [5.74, 6) is -1.64. The predicted octanol–water partition coefficient (Wildman–Crippen LogP) is -0.957. The Hall–Kier alpha value is -0.300. The van der Waals surface area contributed by atoms with Gasteiger partial charge in [0.1, 0.15) is 6.61 Å². The molecule has 0 heterocycles. The molecule has 0 aromatic heterocycles. The highest BCUT2D eigenvalue weighted by atomic mass is 31.2. The first-order chi connectivity index (χ1) is 6.65. The Morgan fingerprint density at radius 1 is 1.33 bits per heavy atom. The highest BCUT2D eigenvalue weighted by Crippen LogP contribution is 2.35. The van der Waals surface area contributed by atoms with Crippen LogP contribution >= 0.6 is 7.82 Å². The fraction of sp³-hybridized carbons (Fsp3) is 0.857. The van der Waals surface area contributed by atoms with Crippen molar-refractivity contribution in [3.8, 4) is 0 Å². The van der Waals surface area contributed by atoms with Gasteiger partial charge in [0.15, 0.2) is 5.78 Å². The predicted molar refractivity (Wildman–Crippen MR) is 49.9 cm³/mol. The minimum absolute atomic E-state index is 0.688. The third-order valence-corrected chi connectivity index (χ3v) is 2.35. The fourth-order valence-corrected chi connectivity index (χ4v) is 1.18. The lowest BCUT2D eigenvalue weighted by Crippen LogP contribution is -2.35. The summed E-state index contributed by atoms with van der Waals surface area (Å²) in [5.41, 5.74) is 0. The Balaban J connectivity index is 4.17. The van der Waals surface area contributed by atoms with E-state index in [4.69, 9.17) is 14.9 Å². The van der Waals surface area contributed by atoms with Crippen LogP contribution in [0.4, 0.5) is 0 Å². The summed E-state index contributed by atoms with van der Waals surface area (Å²) < 4.78 is 14.2. The number of phosphoric acid groups is 1. The summed E-state index contributed by atoms with van der Waals surface area (Å²) in [6, 6.07) is 0. The van der Waals surface area contributed by atoms with Gasteiger partial charge in [0.05, 0.1) is 12.2 Å². The number of carbonyl (C=O) groups excluding carboxylic acids is 1. The molecule has 0 fully saturated rings. The molecule has 0 radical (unpaired) electrons. The van der Waals surface area contributed by atoms with Crippen LogP contribution in [0, 0.1) is 5.92 Å². The number of rotatable bonds is 6. The van der Waals surface area contributed by atoms with Gasteiger partial charge in [-0.05, 0) is 6.92 Å². The molecule has 0 saturated heterocycles. The van der Waals surface area contributed by atoms with Crippen molar-refractivity contribution in [3.05, 3.63) is 0 Å². The standard InChI is InChI=1S/C7H15O7P/c1-4(7(10)5(2)8)6(9)3-14-15(11,12)13/h4-5,7-8,10H,3H2,1-2H3,(H2,11,12,13)/t4-,5-,7-/m0/s1. The maximum absolute atomic E-state index is 11.2. The van der Waals surface area contributed by atoms with Crippen LogP contribution in [0.1, 0.15) is 13.8 Å². The van der Waals surface area contributed by atoms with Crippen LogP contribution in [0.2, 0.25) is 0 Å². The molecule has 15 heavy (non-hydrogen) atoms. The summed E-state index contributed by atoms with van der Waals surface area (Å²) in [6.07, 6.45) is -2.38. The molecule has 0 aliphatic rings. The Bertz CT molecular complexity index is 258. The van der Waals surface area contributed by atoms with Crippen LogP contribution in [-0.2, 0) is 13.9 Å². The van der Waals surface area contributed by atoms with Gasteiger partial charge < -0.3 is 20.0 Å². The SMILES string of the molecule is C[C@H](O)[C@@H](O)[C@@H](C)C(=O)COP(=O)(O)O. The molecule has 7 nitrogen and oxygen atoms in total. The van der Waals surface area contributed by atoms with Gasteiger partial charge in [0.2, 0.25) is 0 Å². The van der Waals surface area contributed by atoms with E-state index in [0.717, 1.165) is 0 Å². The summed E-state index contributed by atoms with van der Waals surface area (Å²) >= 11 is 0. The number of phosphoric ester groups is 1. The maximum Gasteiger partial charge on any atom is 0.470 e. The third kappa shape index (κ3) is 5.99. The molecule has 3 atom stereocenters. The number of hydrogen-bond donors (Lipinski definition) is 4. The molecule has 4 N–H and O–H groups in total. The van der Waals surface area contributed by atoms with E-state index >= 15 is 0 Å². The zero-order valence-electron chi connectivity index (χ0n) is 8.40. The first-order valence-corrected chi connectivity index (χ1v) is 5.77. The molecule has 0 unspecified atom stereocenters. The molecule has 0 aromatic carbocycles. The number of carbonyl (C=O) groups is 1. The molecule has 8 heteroatoms. The van der Waals surface area contributed by atoms with Crippen molar-refractivity contribution in [2.45, 2.75) is 26.1 Å². The van der Waals surface area contributed by atoms with Crippen LogP contribution in [0.15, 0.2) is 0 Å². The fourth-order valence-electron chi connectivity index (χ4n) is 0.887. The highest BCUT2D eigenvalue weighted by molar-refractivity contribution is 7.46. The quantitative estimate of drug-likeness (QED) is 0.442. The summed E-state index contributed by atoms with van der Waals surface area (Å²) in [7, 11) is -4.68. The molecule has 0 aliphatic heterocycles. The first kappa shape index (κ1) is 14.7. The van der Waals surface area contributed by atoms with E-state index in [0.29, 0.717) is 0 Å². The van der Waals surface area contributed by atoms with Crippen LogP contribution in [0.25, 0.3) is 0 Å². The molecular formula is C7H15O7P. The number of aliphatic hydroxyl groups is 2. The zero-order valence-corrected chi connectivity index (χ0v) is 9.29. The second-order valence-corrected chi connectivity index (χ2v) is 4.49. The lowest BCUT2D eigenvalue weighted by Gasteiger charge is -2.19.